The number of amides is 2. The summed E-state index contributed by atoms with van der Waals surface area (Å²) in [7, 11) is 0. The van der Waals surface area contributed by atoms with Gasteiger partial charge in [0.05, 0.1) is 6.04 Å². The van der Waals surface area contributed by atoms with E-state index < -0.39 is 29.2 Å². The molecule has 1 aromatic heterocycles. The largest absolute Gasteiger partial charge is 0.479 e. The number of nitrogens with one attached hydrogen (secondary N) is 3. The van der Waals surface area contributed by atoms with E-state index in [-0.39, 0.29) is 35.0 Å². The Bertz CT molecular complexity index is 838. The van der Waals surface area contributed by atoms with Crippen molar-refractivity contribution in [2.45, 2.75) is 70.8 Å². The summed E-state index contributed by atoms with van der Waals surface area (Å²) in [6, 6.07) is -0.190. The number of carboxylic acids is 1. The standard InChI is InChI=1S/C11H12F3N5O2S.C7H14.C3H5FO2/c12-11(13,14)9-18-19-10(22-9)17-7(20)2-1-4-16-8(21)6-3-5-15-6;1-7-5-3-2-4-6-7;1-2(4)3(5)6/h1-2,6,15H,3-5H2,(H,16,21)(H,17,19,20);7H,2-6H2,1H3;2H,1H3,(H,5,6)/b2-1+;;/t6-;;/m0../s1. The number of halogens is 4. The van der Waals surface area contributed by atoms with Crippen molar-refractivity contribution in [1.29, 1.82) is 0 Å². The fraction of sp³-hybridized carbons (Fsp3) is 0.667. The summed E-state index contributed by atoms with van der Waals surface area (Å²) in [6.07, 6.45) is 4.38. The van der Waals surface area contributed by atoms with Crippen LogP contribution >= 0.6 is 11.3 Å². The molecule has 4 N–H and O–H groups in total. The zero-order chi connectivity index (χ0) is 26.4. The van der Waals surface area contributed by atoms with Crippen molar-refractivity contribution in [3.05, 3.63) is 17.2 Å². The van der Waals surface area contributed by atoms with Gasteiger partial charge in [-0.1, -0.05) is 56.4 Å². The maximum absolute atomic E-state index is 12.3. The smallest absolute Gasteiger partial charge is 0.445 e. The molecule has 0 radical (unpaired) electrons. The fourth-order valence-corrected chi connectivity index (χ4v) is 3.42. The van der Waals surface area contributed by atoms with E-state index in [4.69, 9.17) is 5.11 Å². The van der Waals surface area contributed by atoms with Crippen LogP contribution in [0.3, 0.4) is 0 Å². The van der Waals surface area contributed by atoms with Crippen molar-refractivity contribution in [3.8, 4) is 0 Å². The van der Waals surface area contributed by atoms with Gasteiger partial charge in [0.2, 0.25) is 22.0 Å². The lowest BCUT2D eigenvalue weighted by molar-refractivity contribution is -0.142. The van der Waals surface area contributed by atoms with Gasteiger partial charge in [-0.15, -0.1) is 10.2 Å². The molecule has 0 aromatic carbocycles. The van der Waals surface area contributed by atoms with Gasteiger partial charge in [0.15, 0.2) is 6.17 Å². The molecule has 1 saturated heterocycles. The second-order valence-electron chi connectivity index (χ2n) is 8.04. The maximum Gasteiger partial charge on any atom is 0.445 e. The van der Waals surface area contributed by atoms with Crippen molar-refractivity contribution in [2.24, 2.45) is 5.92 Å². The topological polar surface area (TPSA) is 133 Å². The second kappa shape index (κ2) is 15.4. The summed E-state index contributed by atoms with van der Waals surface area (Å²) in [6.45, 7) is 4.29. The lowest BCUT2D eigenvalue weighted by Crippen LogP contribution is -2.53. The number of alkyl halides is 4. The van der Waals surface area contributed by atoms with Crippen molar-refractivity contribution in [3.63, 3.8) is 0 Å². The summed E-state index contributed by atoms with van der Waals surface area (Å²) in [4.78, 5) is 32.2. The number of carboxylic acid groups (broad SMARTS) is 1. The molecule has 0 bridgehead atoms. The molecule has 1 aliphatic heterocycles. The molecule has 9 nitrogen and oxygen atoms in total. The minimum Gasteiger partial charge on any atom is -0.479 e. The highest BCUT2D eigenvalue weighted by Gasteiger charge is 2.35. The lowest BCUT2D eigenvalue weighted by atomic mass is 9.91. The molecule has 1 saturated carbocycles. The van der Waals surface area contributed by atoms with Crippen LogP contribution in [0.4, 0.5) is 22.7 Å². The molecule has 0 spiro atoms. The van der Waals surface area contributed by atoms with Crippen LogP contribution in [0.15, 0.2) is 12.2 Å². The first kappa shape index (κ1) is 30.4. The molecule has 2 fully saturated rings. The van der Waals surface area contributed by atoms with Gasteiger partial charge >= 0.3 is 12.1 Å². The molecule has 2 aliphatic rings. The minimum absolute atomic E-state index is 0.147. The summed E-state index contributed by atoms with van der Waals surface area (Å²) < 4.78 is 48.1. The van der Waals surface area contributed by atoms with E-state index in [9.17, 15) is 31.9 Å². The van der Waals surface area contributed by atoms with Gasteiger partial charge in [-0.25, -0.2) is 9.18 Å². The molecular formula is C21H31F4N5O4S. The molecular weight excluding hydrogens is 494 g/mol. The molecule has 35 heavy (non-hydrogen) atoms. The molecule has 14 heteroatoms. The van der Waals surface area contributed by atoms with Crippen LogP contribution in [0.1, 0.15) is 57.4 Å². The van der Waals surface area contributed by atoms with E-state index >= 15 is 0 Å². The number of nitrogens with zero attached hydrogens (tertiary/aromatic N) is 2. The van der Waals surface area contributed by atoms with E-state index in [2.05, 4.69) is 33.1 Å². The van der Waals surface area contributed by atoms with Gasteiger partial charge in [-0.2, -0.15) is 13.2 Å². The van der Waals surface area contributed by atoms with E-state index in [1.807, 2.05) is 0 Å². The zero-order valence-electron chi connectivity index (χ0n) is 19.5. The monoisotopic (exact) mass is 525 g/mol. The summed E-state index contributed by atoms with van der Waals surface area (Å²) in [5.41, 5.74) is 0. The second-order valence-corrected chi connectivity index (χ2v) is 9.02. The van der Waals surface area contributed by atoms with Crippen LogP contribution in [0.25, 0.3) is 0 Å². The predicted octanol–water partition coefficient (Wildman–Crippen LogP) is 3.55. The number of carbonyl (C=O) groups is 3. The third-order valence-electron chi connectivity index (χ3n) is 4.94. The number of hydrogen-bond donors (Lipinski definition) is 4. The van der Waals surface area contributed by atoms with Gasteiger partial charge in [0.25, 0.3) is 0 Å². The van der Waals surface area contributed by atoms with Gasteiger partial charge in [-0.05, 0) is 25.8 Å². The molecule has 2 atom stereocenters. The van der Waals surface area contributed by atoms with Crippen LogP contribution in [-0.2, 0) is 20.6 Å². The molecule has 198 valence electrons. The molecule has 1 aromatic rings. The Morgan fingerprint density at radius 1 is 1.20 bits per heavy atom. The average molecular weight is 526 g/mol. The summed E-state index contributed by atoms with van der Waals surface area (Å²) >= 11 is 0.236. The Balaban J connectivity index is 0.000000384. The lowest BCUT2D eigenvalue weighted by Gasteiger charge is -2.25. The number of rotatable bonds is 6. The summed E-state index contributed by atoms with van der Waals surface area (Å²) in [5.74, 6) is -1.18. The van der Waals surface area contributed by atoms with E-state index in [1.54, 1.807) is 0 Å². The molecule has 3 rings (SSSR count). The molecule has 1 unspecified atom stereocenters. The first-order valence-corrected chi connectivity index (χ1v) is 12.0. The Kier molecular flexibility index (Phi) is 13.4. The zero-order valence-corrected chi connectivity index (χ0v) is 20.3. The first-order valence-electron chi connectivity index (χ1n) is 11.2. The number of anilines is 1. The summed E-state index contributed by atoms with van der Waals surface area (Å²) in [5, 5.41) is 20.1. The maximum atomic E-state index is 12.3. The van der Waals surface area contributed by atoms with Gasteiger partial charge in [0, 0.05) is 12.6 Å². The Hall–Kier alpha value is -2.61. The van der Waals surface area contributed by atoms with E-state index in [0.717, 1.165) is 31.9 Å². The van der Waals surface area contributed by atoms with Crippen LogP contribution in [0, 0.1) is 5.92 Å². The quantitative estimate of drug-likeness (QED) is 0.330. The van der Waals surface area contributed by atoms with Gasteiger partial charge in [-0.3, -0.25) is 14.9 Å². The highest BCUT2D eigenvalue weighted by molar-refractivity contribution is 7.15. The third kappa shape index (κ3) is 13.2. The Morgan fingerprint density at radius 3 is 2.20 bits per heavy atom. The van der Waals surface area contributed by atoms with E-state index in [0.29, 0.717) is 0 Å². The number of hydrogen-bond acceptors (Lipinski definition) is 7. The van der Waals surface area contributed by atoms with Crippen molar-refractivity contribution < 1.29 is 37.1 Å². The van der Waals surface area contributed by atoms with Crippen molar-refractivity contribution >= 4 is 34.3 Å². The average Bonchev–Trinajstić information content (AvgIpc) is 3.20. The SMILES string of the molecule is CC(F)C(=O)O.CC1CCCCC1.O=C(/C=C/CNC(=O)[C@@H]1CCN1)Nc1nnc(C(F)(F)F)s1. The predicted molar refractivity (Wildman–Crippen MR) is 123 cm³/mol. The van der Waals surface area contributed by atoms with Gasteiger partial charge < -0.3 is 15.7 Å². The van der Waals surface area contributed by atoms with Gasteiger partial charge in [0.1, 0.15) is 0 Å². The molecule has 2 heterocycles. The van der Waals surface area contributed by atoms with Crippen LogP contribution in [0.5, 0.6) is 0 Å². The molecule has 1 aliphatic carbocycles. The Morgan fingerprint density at radius 2 is 1.80 bits per heavy atom. The number of carbonyl (C=O) groups excluding carboxylic acids is 2. The normalized spacial score (nSPS) is 18.7. The van der Waals surface area contributed by atoms with Crippen molar-refractivity contribution in [2.75, 3.05) is 18.4 Å². The van der Waals surface area contributed by atoms with Crippen LogP contribution < -0.4 is 16.0 Å². The Labute approximate surface area is 204 Å². The third-order valence-corrected chi connectivity index (χ3v) is 5.82. The highest BCUT2D eigenvalue weighted by atomic mass is 32.1. The minimum atomic E-state index is -4.59. The van der Waals surface area contributed by atoms with Crippen LogP contribution in [0.2, 0.25) is 0 Å². The number of aromatic nitrogens is 2. The highest BCUT2D eigenvalue weighted by Crippen LogP contribution is 2.32. The van der Waals surface area contributed by atoms with Crippen LogP contribution in [-0.4, -0.2) is 58.4 Å². The fourth-order valence-electron chi connectivity index (χ4n) is 2.80. The first-order chi connectivity index (χ1) is 16.4. The molecule has 2 amide bonds. The van der Waals surface area contributed by atoms with E-state index in [1.165, 1.54) is 38.2 Å². The van der Waals surface area contributed by atoms with Crippen molar-refractivity contribution in [1.82, 2.24) is 20.8 Å². The number of aliphatic carboxylic acids is 1.